The fraction of sp³-hybridized carbons (Fsp3) is 0.0769. The van der Waals surface area contributed by atoms with E-state index < -0.39 is 0 Å². The number of fused-ring (bicyclic) bond motifs is 3. The molecular weight excluding hydrogens is 460 g/mol. The molecule has 0 radical (unpaired) electrons. The molecule has 35 heavy (non-hydrogen) atoms. The molecule has 0 aliphatic rings. The van der Waals surface area contributed by atoms with Gasteiger partial charge in [-0.1, -0.05) is 36.0 Å². The van der Waals surface area contributed by atoms with E-state index in [0.717, 1.165) is 27.7 Å². The number of aromatic nitrogens is 6. The Balaban J connectivity index is 1.41. The van der Waals surface area contributed by atoms with Crippen molar-refractivity contribution in [2.24, 2.45) is 0 Å². The zero-order valence-electron chi connectivity index (χ0n) is 18.8. The van der Waals surface area contributed by atoms with Crippen molar-refractivity contribution in [2.75, 3.05) is 7.11 Å². The van der Waals surface area contributed by atoms with Gasteiger partial charge in [-0.2, -0.15) is 5.10 Å². The van der Waals surface area contributed by atoms with E-state index in [9.17, 15) is 4.79 Å². The van der Waals surface area contributed by atoms with Gasteiger partial charge >= 0.3 is 0 Å². The third kappa shape index (κ3) is 3.75. The molecule has 3 aromatic heterocycles. The van der Waals surface area contributed by atoms with Crippen LogP contribution < -0.4 is 10.3 Å². The van der Waals surface area contributed by atoms with Gasteiger partial charge in [0.1, 0.15) is 5.75 Å². The molecule has 3 heterocycles. The van der Waals surface area contributed by atoms with E-state index in [1.54, 1.807) is 29.6 Å². The predicted octanol–water partition coefficient (Wildman–Crippen LogP) is 4.52. The monoisotopic (exact) mass is 480 g/mol. The molecule has 8 nitrogen and oxygen atoms in total. The lowest BCUT2D eigenvalue weighted by Gasteiger charge is -2.12. The summed E-state index contributed by atoms with van der Waals surface area (Å²) in [5.41, 5.74) is 3.49. The third-order valence-corrected chi connectivity index (χ3v) is 6.80. The van der Waals surface area contributed by atoms with Crippen LogP contribution in [0.1, 0.15) is 5.56 Å². The van der Waals surface area contributed by atoms with Crippen LogP contribution in [-0.2, 0) is 5.75 Å². The molecule has 0 atom stereocenters. The second-order valence-corrected chi connectivity index (χ2v) is 8.82. The Morgan fingerprint density at radius 1 is 0.886 bits per heavy atom. The smallest absolute Gasteiger partial charge is 0.267 e. The Morgan fingerprint density at radius 2 is 1.66 bits per heavy atom. The molecule has 0 bridgehead atoms. The third-order valence-electron chi connectivity index (χ3n) is 5.80. The number of hydrogen-bond donors (Lipinski definition) is 0. The van der Waals surface area contributed by atoms with Gasteiger partial charge in [-0.05, 0) is 60.2 Å². The first-order valence-electron chi connectivity index (χ1n) is 11.0. The van der Waals surface area contributed by atoms with Crippen LogP contribution in [-0.4, -0.2) is 36.1 Å². The lowest BCUT2D eigenvalue weighted by molar-refractivity contribution is 0.414. The Labute approximate surface area is 204 Å². The number of ether oxygens (including phenoxy) is 1. The van der Waals surface area contributed by atoms with Crippen LogP contribution in [0, 0.1) is 0 Å². The van der Waals surface area contributed by atoms with Gasteiger partial charge in [0, 0.05) is 18.1 Å². The van der Waals surface area contributed by atoms with Crippen molar-refractivity contribution in [2.45, 2.75) is 10.9 Å². The van der Waals surface area contributed by atoms with E-state index in [-0.39, 0.29) is 5.56 Å². The van der Waals surface area contributed by atoms with Crippen molar-refractivity contribution in [1.82, 2.24) is 28.9 Å². The van der Waals surface area contributed by atoms with Gasteiger partial charge in [0.25, 0.3) is 5.56 Å². The Hall–Kier alpha value is -4.37. The highest BCUT2D eigenvalue weighted by Crippen LogP contribution is 2.26. The fourth-order valence-electron chi connectivity index (χ4n) is 4.05. The van der Waals surface area contributed by atoms with Crippen molar-refractivity contribution in [3.05, 3.63) is 107 Å². The number of para-hydroxylation sites is 1. The molecule has 172 valence electrons. The largest absolute Gasteiger partial charge is 0.497 e. The van der Waals surface area contributed by atoms with Crippen LogP contribution in [0.4, 0.5) is 0 Å². The molecule has 0 N–H and O–H groups in total. The topological polar surface area (TPSA) is 79.2 Å². The maximum Gasteiger partial charge on any atom is 0.267 e. The molecule has 6 rings (SSSR count). The Kier molecular flexibility index (Phi) is 5.31. The summed E-state index contributed by atoms with van der Waals surface area (Å²) >= 11 is 1.58. The highest BCUT2D eigenvalue weighted by molar-refractivity contribution is 7.98. The lowest BCUT2D eigenvalue weighted by Crippen LogP contribution is -2.21. The first-order chi connectivity index (χ1) is 17.2. The second-order valence-electron chi connectivity index (χ2n) is 7.88. The van der Waals surface area contributed by atoms with Crippen LogP contribution in [0.5, 0.6) is 5.75 Å². The molecule has 0 amide bonds. The van der Waals surface area contributed by atoms with Crippen LogP contribution in [0.3, 0.4) is 0 Å². The SMILES string of the molecule is COc1ccc(-n2c(=O)c3ccccc3n3c(SCc4ccc(-n5cccn5)cc4)nnc23)cc1. The summed E-state index contributed by atoms with van der Waals surface area (Å²) in [6.07, 6.45) is 3.68. The van der Waals surface area contributed by atoms with E-state index >= 15 is 0 Å². The molecule has 9 heteroatoms. The number of methoxy groups -OCH3 is 1. The minimum Gasteiger partial charge on any atom is -0.497 e. The first-order valence-corrected chi connectivity index (χ1v) is 12.0. The average Bonchev–Trinajstić information content (AvgIpc) is 3.59. The van der Waals surface area contributed by atoms with Crippen LogP contribution in [0.25, 0.3) is 28.1 Å². The zero-order chi connectivity index (χ0) is 23.8. The van der Waals surface area contributed by atoms with Crippen molar-refractivity contribution in [3.8, 4) is 17.1 Å². The Bertz CT molecular complexity index is 1690. The van der Waals surface area contributed by atoms with Crippen LogP contribution >= 0.6 is 11.8 Å². The fourth-order valence-corrected chi connectivity index (χ4v) is 4.95. The van der Waals surface area contributed by atoms with E-state index in [1.807, 2.05) is 82.0 Å². The predicted molar refractivity (Wildman–Crippen MR) is 136 cm³/mol. The van der Waals surface area contributed by atoms with Crippen LogP contribution in [0.2, 0.25) is 0 Å². The summed E-state index contributed by atoms with van der Waals surface area (Å²) in [6.45, 7) is 0. The molecule has 0 fully saturated rings. The molecule has 0 unspecified atom stereocenters. The summed E-state index contributed by atoms with van der Waals surface area (Å²) in [6, 6.07) is 25.0. The van der Waals surface area contributed by atoms with Gasteiger partial charge in [-0.25, -0.2) is 9.25 Å². The normalized spacial score (nSPS) is 11.3. The highest BCUT2D eigenvalue weighted by atomic mass is 32.2. The second kappa shape index (κ2) is 8.77. The molecule has 0 spiro atoms. The van der Waals surface area contributed by atoms with Crippen molar-refractivity contribution in [1.29, 1.82) is 0 Å². The summed E-state index contributed by atoms with van der Waals surface area (Å²) in [4.78, 5) is 13.5. The standard InChI is InChI=1S/C26H20N6O2S/c1-34-21-13-11-20(12-14-21)31-24(33)22-5-2-3-6-23(22)32-25(31)28-29-26(32)35-17-18-7-9-19(10-8-18)30-16-4-15-27-30/h2-16H,17H2,1H3. The molecule has 0 aliphatic heterocycles. The van der Waals surface area contributed by atoms with E-state index in [1.165, 1.54) is 0 Å². The number of thioether (sulfide) groups is 1. The summed E-state index contributed by atoms with van der Waals surface area (Å²) in [7, 11) is 1.61. The molecule has 6 aromatic rings. The van der Waals surface area contributed by atoms with Gasteiger partial charge in [-0.15, -0.1) is 10.2 Å². The molecule has 0 aliphatic carbocycles. The maximum absolute atomic E-state index is 13.5. The molecule has 0 saturated carbocycles. The van der Waals surface area contributed by atoms with Gasteiger partial charge < -0.3 is 4.74 Å². The lowest BCUT2D eigenvalue weighted by atomic mass is 10.2. The van der Waals surface area contributed by atoms with Gasteiger partial charge in [0.2, 0.25) is 5.78 Å². The van der Waals surface area contributed by atoms with Crippen molar-refractivity contribution in [3.63, 3.8) is 0 Å². The first kappa shape index (κ1) is 21.2. The summed E-state index contributed by atoms with van der Waals surface area (Å²) in [5.74, 6) is 1.89. The zero-order valence-corrected chi connectivity index (χ0v) is 19.6. The quantitative estimate of drug-likeness (QED) is 0.326. The molecule has 0 saturated heterocycles. The summed E-state index contributed by atoms with van der Waals surface area (Å²) < 4.78 is 10.6. The number of nitrogens with zero attached hydrogens (tertiary/aromatic N) is 6. The molecular formula is C26H20N6O2S. The molecule has 3 aromatic carbocycles. The van der Waals surface area contributed by atoms with Crippen molar-refractivity contribution >= 4 is 28.4 Å². The van der Waals surface area contributed by atoms with E-state index in [4.69, 9.17) is 4.74 Å². The number of rotatable bonds is 6. The average molecular weight is 481 g/mol. The van der Waals surface area contributed by atoms with Crippen molar-refractivity contribution < 1.29 is 4.74 Å². The number of hydrogen-bond acceptors (Lipinski definition) is 6. The minimum atomic E-state index is -0.142. The highest BCUT2D eigenvalue weighted by Gasteiger charge is 2.18. The van der Waals surface area contributed by atoms with Gasteiger partial charge in [-0.3, -0.25) is 9.20 Å². The summed E-state index contributed by atoms with van der Waals surface area (Å²) in [5, 5.41) is 14.5. The number of benzene rings is 3. The maximum atomic E-state index is 13.5. The van der Waals surface area contributed by atoms with Gasteiger partial charge in [0.15, 0.2) is 5.16 Å². The van der Waals surface area contributed by atoms with E-state index in [0.29, 0.717) is 22.6 Å². The Morgan fingerprint density at radius 3 is 2.40 bits per heavy atom. The van der Waals surface area contributed by atoms with Crippen LogP contribution in [0.15, 0.2) is 101 Å². The van der Waals surface area contributed by atoms with Gasteiger partial charge in [0.05, 0.1) is 29.4 Å². The van der Waals surface area contributed by atoms with E-state index in [2.05, 4.69) is 27.4 Å². The minimum absolute atomic E-state index is 0.142.